The lowest BCUT2D eigenvalue weighted by Crippen LogP contribution is -2.08. The van der Waals surface area contributed by atoms with E-state index in [9.17, 15) is 9.18 Å². The zero-order chi connectivity index (χ0) is 11.5. The minimum atomic E-state index is -0.398. The number of nitrogens with zero attached hydrogens (tertiary/aromatic N) is 2. The fourth-order valence-electron chi connectivity index (χ4n) is 1.47. The molecule has 0 saturated heterocycles. The number of Topliss-reactive ketones (excluding diaryl/α,β-unsaturated/α-hetero) is 1. The first-order chi connectivity index (χ1) is 7.66. The zero-order valence-corrected chi connectivity index (χ0v) is 8.85. The molecule has 0 spiro atoms. The molecule has 0 fully saturated rings. The number of benzene rings is 1. The third kappa shape index (κ3) is 2.16. The van der Waals surface area contributed by atoms with Gasteiger partial charge < -0.3 is 4.57 Å². The molecule has 1 aromatic carbocycles. The van der Waals surface area contributed by atoms with Gasteiger partial charge in [0.15, 0.2) is 5.78 Å². The molecule has 3 nitrogen and oxygen atoms in total. The summed E-state index contributed by atoms with van der Waals surface area (Å²) in [6.45, 7) is 0. The first-order valence-electron chi connectivity index (χ1n) is 4.92. The summed E-state index contributed by atoms with van der Waals surface area (Å²) in [4.78, 5) is 15.8. The first kappa shape index (κ1) is 10.5. The van der Waals surface area contributed by atoms with Gasteiger partial charge >= 0.3 is 0 Å². The van der Waals surface area contributed by atoms with E-state index >= 15 is 0 Å². The van der Waals surface area contributed by atoms with Crippen molar-refractivity contribution in [3.8, 4) is 0 Å². The fraction of sp³-hybridized carbons (Fsp3) is 0.167. The third-order valence-corrected chi connectivity index (χ3v) is 2.39. The lowest BCUT2D eigenvalue weighted by Gasteiger charge is -2.01. The van der Waals surface area contributed by atoms with Crippen molar-refractivity contribution in [2.24, 2.45) is 7.05 Å². The van der Waals surface area contributed by atoms with Gasteiger partial charge in [0.25, 0.3) is 0 Å². The molecule has 0 bridgehead atoms. The van der Waals surface area contributed by atoms with Crippen LogP contribution in [0.1, 0.15) is 16.2 Å². The maximum Gasteiger partial charge on any atom is 0.170 e. The van der Waals surface area contributed by atoms with Crippen LogP contribution in [0.3, 0.4) is 0 Å². The fourth-order valence-corrected chi connectivity index (χ4v) is 1.47. The summed E-state index contributed by atoms with van der Waals surface area (Å²) in [5.41, 5.74) is 0.378. The number of aromatic nitrogens is 2. The molecular weight excluding hydrogens is 207 g/mol. The number of ketones is 1. The Hall–Kier alpha value is -1.97. The standard InChI is InChI=1S/C12H11FN2O/c1-15-6-5-14-12(15)8-11(16)9-3-2-4-10(13)7-9/h2-7H,8H2,1H3. The highest BCUT2D eigenvalue weighted by atomic mass is 19.1. The van der Waals surface area contributed by atoms with Gasteiger partial charge in [0.1, 0.15) is 11.6 Å². The quantitative estimate of drug-likeness (QED) is 0.738. The van der Waals surface area contributed by atoms with Gasteiger partial charge in [-0.25, -0.2) is 9.37 Å². The second kappa shape index (κ2) is 4.26. The molecule has 0 unspecified atom stereocenters. The number of carbonyl (C=O) groups is 1. The summed E-state index contributed by atoms with van der Waals surface area (Å²) in [6, 6.07) is 5.69. The smallest absolute Gasteiger partial charge is 0.170 e. The van der Waals surface area contributed by atoms with Gasteiger partial charge in [-0.05, 0) is 12.1 Å². The van der Waals surface area contributed by atoms with E-state index < -0.39 is 5.82 Å². The van der Waals surface area contributed by atoms with Gasteiger partial charge in [-0.15, -0.1) is 0 Å². The van der Waals surface area contributed by atoms with E-state index in [2.05, 4.69) is 4.98 Å². The minimum absolute atomic E-state index is 0.131. The predicted molar refractivity (Wildman–Crippen MR) is 57.6 cm³/mol. The van der Waals surface area contributed by atoms with Gasteiger partial charge in [0, 0.05) is 25.0 Å². The number of halogens is 1. The minimum Gasteiger partial charge on any atom is -0.338 e. The van der Waals surface area contributed by atoms with Crippen molar-refractivity contribution >= 4 is 5.78 Å². The van der Waals surface area contributed by atoms with E-state index in [0.29, 0.717) is 11.4 Å². The Morgan fingerprint density at radius 2 is 2.31 bits per heavy atom. The van der Waals surface area contributed by atoms with Crippen LogP contribution < -0.4 is 0 Å². The van der Waals surface area contributed by atoms with E-state index in [1.165, 1.54) is 18.2 Å². The number of aryl methyl sites for hydroxylation is 1. The number of rotatable bonds is 3. The monoisotopic (exact) mass is 218 g/mol. The van der Waals surface area contributed by atoms with Crippen LogP contribution in [0.4, 0.5) is 4.39 Å². The van der Waals surface area contributed by atoms with Crippen LogP contribution in [0.15, 0.2) is 36.7 Å². The van der Waals surface area contributed by atoms with Gasteiger partial charge in [-0.3, -0.25) is 4.79 Å². The molecule has 1 heterocycles. The average molecular weight is 218 g/mol. The molecular formula is C12H11FN2O. The number of hydrogen-bond acceptors (Lipinski definition) is 2. The molecule has 0 atom stereocenters. The van der Waals surface area contributed by atoms with Crippen LogP contribution in [0, 0.1) is 5.82 Å². The van der Waals surface area contributed by atoms with Gasteiger partial charge in [0.05, 0.1) is 6.42 Å². The van der Waals surface area contributed by atoms with E-state index in [1.807, 2.05) is 7.05 Å². The van der Waals surface area contributed by atoms with Gasteiger partial charge in [-0.2, -0.15) is 0 Å². The molecule has 0 aliphatic rings. The van der Waals surface area contributed by atoms with Gasteiger partial charge in [-0.1, -0.05) is 12.1 Å². The molecule has 16 heavy (non-hydrogen) atoms. The summed E-state index contributed by atoms with van der Waals surface area (Å²) in [5, 5.41) is 0. The molecule has 0 saturated carbocycles. The summed E-state index contributed by atoms with van der Waals surface area (Å²) in [7, 11) is 1.82. The van der Waals surface area contributed by atoms with E-state index in [0.717, 1.165) is 0 Å². The van der Waals surface area contributed by atoms with Crippen LogP contribution in [0.25, 0.3) is 0 Å². The van der Waals surface area contributed by atoms with E-state index in [4.69, 9.17) is 0 Å². The summed E-state index contributed by atoms with van der Waals surface area (Å²) in [5.74, 6) is 0.147. The number of hydrogen-bond donors (Lipinski definition) is 0. The zero-order valence-electron chi connectivity index (χ0n) is 8.85. The molecule has 0 aliphatic carbocycles. The highest BCUT2D eigenvalue weighted by Gasteiger charge is 2.10. The van der Waals surface area contributed by atoms with Crippen molar-refractivity contribution in [2.75, 3.05) is 0 Å². The van der Waals surface area contributed by atoms with E-state index in [-0.39, 0.29) is 12.2 Å². The van der Waals surface area contributed by atoms with Crippen LogP contribution in [0.2, 0.25) is 0 Å². The molecule has 82 valence electrons. The number of imidazole rings is 1. The summed E-state index contributed by atoms with van der Waals surface area (Å²) >= 11 is 0. The molecule has 0 aliphatic heterocycles. The lowest BCUT2D eigenvalue weighted by molar-refractivity contribution is 0.0989. The Kier molecular flexibility index (Phi) is 2.81. The van der Waals surface area contributed by atoms with Crippen molar-refractivity contribution in [3.63, 3.8) is 0 Å². The lowest BCUT2D eigenvalue weighted by atomic mass is 10.1. The van der Waals surface area contributed by atoms with Crippen LogP contribution >= 0.6 is 0 Å². The van der Waals surface area contributed by atoms with E-state index in [1.54, 1.807) is 23.0 Å². The Morgan fingerprint density at radius 1 is 1.50 bits per heavy atom. The van der Waals surface area contributed by atoms with Gasteiger partial charge in [0.2, 0.25) is 0 Å². The molecule has 2 rings (SSSR count). The maximum atomic E-state index is 12.9. The highest BCUT2D eigenvalue weighted by molar-refractivity contribution is 5.97. The molecule has 2 aromatic rings. The Bertz CT molecular complexity index is 519. The van der Waals surface area contributed by atoms with Crippen LogP contribution in [0.5, 0.6) is 0 Å². The largest absolute Gasteiger partial charge is 0.338 e. The van der Waals surface area contributed by atoms with Crippen LogP contribution in [-0.4, -0.2) is 15.3 Å². The predicted octanol–water partition coefficient (Wildman–Crippen LogP) is 1.98. The average Bonchev–Trinajstić information content (AvgIpc) is 2.64. The summed E-state index contributed by atoms with van der Waals surface area (Å²) in [6.07, 6.45) is 3.59. The van der Waals surface area contributed by atoms with Crippen molar-refractivity contribution in [1.29, 1.82) is 0 Å². The Morgan fingerprint density at radius 3 is 2.94 bits per heavy atom. The molecule has 1 aromatic heterocycles. The van der Waals surface area contributed by atoms with Crippen molar-refractivity contribution < 1.29 is 9.18 Å². The Balaban J connectivity index is 2.18. The maximum absolute atomic E-state index is 12.9. The Labute approximate surface area is 92.5 Å². The molecule has 0 amide bonds. The molecule has 4 heteroatoms. The van der Waals surface area contributed by atoms with Crippen molar-refractivity contribution in [3.05, 3.63) is 53.9 Å². The molecule has 0 N–H and O–H groups in total. The molecule has 0 radical (unpaired) electrons. The second-order valence-corrected chi connectivity index (χ2v) is 3.56. The first-order valence-corrected chi connectivity index (χ1v) is 4.92. The topological polar surface area (TPSA) is 34.9 Å². The normalized spacial score (nSPS) is 10.4. The van der Waals surface area contributed by atoms with Crippen molar-refractivity contribution in [2.45, 2.75) is 6.42 Å². The SMILES string of the molecule is Cn1ccnc1CC(=O)c1cccc(F)c1. The van der Waals surface area contributed by atoms with Crippen LogP contribution in [-0.2, 0) is 13.5 Å². The second-order valence-electron chi connectivity index (χ2n) is 3.56. The van der Waals surface area contributed by atoms with Crippen molar-refractivity contribution in [1.82, 2.24) is 9.55 Å². The summed E-state index contributed by atoms with van der Waals surface area (Å²) < 4.78 is 14.7. The number of carbonyl (C=O) groups excluding carboxylic acids is 1. The highest BCUT2D eigenvalue weighted by Crippen LogP contribution is 2.07. The third-order valence-electron chi connectivity index (χ3n) is 2.39.